The molecule has 0 fully saturated rings. The van der Waals surface area contributed by atoms with E-state index in [2.05, 4.69) is 33.0 Å². The van der Waals surface area contributed by atoms with E-state index in [9.17, 15) is 0 Å². The van der Waals surface area contributed by atoms with E-state index in [0.29, 0.717) is 6.54 Å². The predicted octanol–water partition coefficient (Wildman–Crippen LogP) is 1.06. The molecule has 4 N–H and O–H groups in total. The van der Waals surface area contributed by atoms with Crippen LogP contribution in [0.5, 0.6) is 0 Å². The molecular formula is C12H18N4S. The number of thiocarbonyl (C=S) groups is 1. The number of nitrogens with two attached hydrogens (primary N) is 1. The molecule has 0 saturated heterocycles. The molecule has 0 spiro atoms. The van der Waals surface area contributed by atoms with Gasteiger partial charge in [-0.15, -0.1) is 0 Å². The summed E-state index contributed by atoms with van der Waals surface area (Å²) in [6, 6.07) is 7.93. The number of nitrogens with zero attached hydrogens (tertiary/aromatic N) is 1. The van der Waals surface area contributed by atoms with Gasteiger partial charge in [0.25, 0.3) is 0 Å². The van der Waals surface area contributed by atoms with E-state index in [1.54, 1.807) is 0 Å². The van der Waals surface area contributed by atoms with Crippen LogP contribution in [-0.4, -0.2) is 31.3 Å². The lowest BCUT2D eigenvalue weighted by Crippen LogP contribution is -2.30. The number of hydrogen-bond acceptors (Lipinski definition) is 5. The van der Waals surface area contributed by atoms with Crippen LogP contribution in [0, 0.1) is 0 Å². The third-order valence-electron chi connectivity index (χ3n) is 2.24. The van der Waals surface area contributed by atoms with Gasteiger partial charge in [0.2, 0.25) is 0 Å². The van der Waals surface area contributed by atoms with Gasteiger partial charge in [-0.05, 0) is 29.9 Å². The molecule has 4 nitrogen and oxygen atoms in total. The van der Waals surface area contributed by atoms with Crippen molar-refractivity contribution in [1.29, 1.82) is 0 Å². The number of benzene rings is 1. The predicted molar refractivity (Wildman–Crippen MR) is 74.8 cm³/mol. The number of aliphatic imine (C=N–C) groups is 1. The molecule has 17 heavy (non-hydrogen) atoms. The molecule has 5 heteroatoms. The van der Waals surface area contributed by atoms with Gasteiger partial charge in [0.1, 0.15) is 0 Å². The van der Waals surface area contributed by atoms with Crippen LogP contribution in [0.15, 0.2) is 29.3 Å². The first-order valence-corrected chi connectivity index (χ1v) is 6.06. The summed E-state index contributed by atoms with van der Waals surface area (Å²) >= 11 is 4.54. The minimum absolute atomic E-state index is 0.682. The fourth-order valence-corrected chi connectivity index (χ4v) is 1.48. The molecule has 0 atom stereocenters. The van der Waals surface area contributed by atoms with Gasteiger partial charge in [0.05, 0.1) is 10.8 Å². The number of nitrogens with one attached hydrogen (secondary N) is 2. The zero-order valence-corrected chi connectivity index (χ0v) is 10.6. The van der Waals surface area contributed by atoms with Gasteiger partial charge in [-0.2, -0.15) is 4.99 Å². The average molecular weight is 250 g/mol. The number of hydrogen-bond donors (Lipinski definition) is 3. The Balaban J connectivity index is 2.20. The maximum Gasteiger partial charge on any atom is 0.0739 e. The Morgan fingerprint density at radius 3 is 2.47 bits per heavy atom. The fraction of sp³-hybridized carbons (Fsp3) is 0.417. The first-order valence-electron chi connectivity index (χ1n) is 5.65. The van der Waals surface area contributed by atoms with E-state index in [4.69, 9.17) is 5.73 Å². The van der Waals surface area contributed by atoms with Crippen molar-refractivity contribution in [1.82, 2.24) is 10.6 Å². The van der Waals surface area contributed by atoms with Crippen LogP contribution in [0.25, 0.3) is 0 Å². The second kappa shape index (κ2) is 8.98. The summed E-state index contributed by atoms with van der Waals surface area (Å²) in [4.78, 5) is 3.90. The van der Waals surface area contributed by atoms with Crippen LogP contribution in [0.3, 0.4) is 0 Å². The highest BCUT2D eigenvalue weighted by atomic mass is 32.1. The van der Waals surface area contributed by atoms with Gasteiger partial charge in [-0.1, -0.05) is 12.1 Å². The topological polar surface area (TPSA) is 62.4 Å². The molecule has 0 heterocycles. The Morgan fingerprint density at radius 2 is 1.82 bits per heavy atom. The zero-order chi connectivity index (χ0) is 12.3. The third kappa shape index (κ3) is 6.26. The molecule has 0 aliphatic rings. The van der Waals surface area contributed by atoms with Crippen molar-refractivity contribution in [2.45, 2.75) is 6.54 Å². The highest BCUT2D eigenvalue weighted by molar-refractivity contribution is 7.78. The average Bonchev–Trinajstić information content (AvgIpc) is 2.36. The van der Waals surface area contributed by atoms with Crippen LogP contribution in [-0.2, 0) is 6.54 Å². The van der Waals surface area contributed by atoms with Crippen LogP contribution < -0.4 is 16.4 Å². The van der Waals surface area contributed by atoms with Gasteiger partial charge < -0.3 is 16.4 Å². The molecule has 0 aliphatic carbocycles. The van der Waals surface area contributed by atoms with Crippen molar-refractivity contribution in [2.24, 2.45) is 10.7 Å². The van der Waals surface area contributed by atoms with Gasteiger partial charge in [-0.25, -0.2) is 0 Å². The van der Waals surface area contributed by atoms with Gasteiger partial charge in [-0.3, -0.25) is 0 Å². The molecular weight excluding hydrogens is 232 g/mol. The van der Waals surface area contributed by atoms with Crippen molar-refractivity contribution in [3.05, 3.63) is 29.8 Å². The third-order valence-corrected chi connectivity index (χ3v) is 2.33. The van der Waals surface area contributed by atoms with E-state index >= 15 is 0 Å². The molecule has 0 radical (unpaired) electrons. The fourth-order valence-electron chi connectivity index (χ4n) is 1.38. The molecule has 1 aromatic carbocycles. The Bertz CT molecular complexity index is 357. The summed E-state index contributed by atoms with van der Waals surface area (Å²) in [5.41, 5.74) is 7.44. The molecule has 0 aromatic heterocycles. The standard InChI is InChI=1S/C12H18N4S/c13-5-6-14-7-8-15-9-11-1-3-12(4-2-11)16-10-17/h1-4,14-15H,5-9,13H2. The van der Waals surface area contributed by atoms with Gasteiger partial charge in [0, 0.05) is 32.7 Å². The zero-order valence-electron chi connectivity index (χ0n) is 9.78. The minimum atomic E-state index is 0.682. The van der Waals surface area contributed by atoms with Crippen molar-refractivity contribution >= 4 is 23.1 Å². The lowest BCUT2D eigenvalue weighted by atomic mass is 10.2. The van der Waals surface area contributed by atoms with E-state index in [1.807, 2.05) is 24.3 Å². The van der Waals surface area contributed by atoms with Crippen molar-refractivity contribution in [3.63, 3.8) is 0 Å². The lowest BCUT2D eigenvalue weighted by molar-refractivity contribution is 0.615. The highest BCUT2D eigenvalue weighted by Crippen LogP contribution is 2.11. The molecule has 92 valence electrons. The Kier molecular flexibility index (Phi) is 7.38. The largest absolute Gasteiger partial charge is 0.329 e. The summed E-state index contributed by atoms with van der Waals surface area (Å²) in [7, 11) is 0. The Hall–Kier alpha value is -1.10. The summed E-state index contributed by atoms with van der Waals surface area (Å²) in [5.74, 6) is 0. The van der Waals surface area contributed by atoms with Gasteiger partial charge >= 0.3 is 0 Å². The van der Waals surface area contributed by atoms with E-state index < -0.39 is 0 Å². The lowest BCUT2D eigenvalue weighted by Gasteiger charge is -2.06. The molecule has 1 aromatic rings. The van der Waals surface area contributed by atoms with Crippen LogP contribution in [0.4, 0.5) is 5.69 Å². The smallest absolute Gasteiger partial charge is 0.0739 e. The normalized spacial score (nSPS) is 9.94. The van der Waals surface area contributed by atoms with Crippen molar-refractivity contribution < 1.29 is 0 Å². The minimum Gasteiger partial charge on any atom is -0.329 e. The Labute approximate surface area is 107 Å². The molecule has 0 saturated carbocycles. The summed E-state index contributed by atoms with van der Waals surface area (Å²) in [6.45, 7) is 4.27. The van der Waals surface area contributed by atoms with E-state index in [0.717, 1.165) is 31.9 Å². The van der Waals surface area contributed by atoms with E-state index in [1.165, 1.54) is 5.56 Å². The maximum absolute atomic E-state index is 5.37. The summed E-state index contributed by atoms with van der Waals surface area (Å²) in [6.07, 6.45) is 0. The monoisotopic (exact) mass is 250 g/mol. The van der Waals surface area contributed by atoms with Gasteiger partial charge in [0.15, 0.2) is 0 Å². The van der Waals surface area contributed by atoms with Crippen LogP contribution in [0.1, 0.15) is 5.56 Å². The second-order valence-corrected chi connectivity index (χ2v) is 3.77. The van der Waals surface area contributed by atoms with Crippen LogP contribution >= 0.6 is 12.2 Å². The maximum atomic E-state index is 5.37. The number of isothiocyanates is 1. The highest BCUT2D eigenvalue weighted by Gasteiger charge is 1.93. The van der Waals surface area contributed by atoms with Crippen molar-refractivity contribution in [2.75, 3.05) is 26.2 Å². The first kappa shape index (κ1) is 14.0. The van der Waals surface area contributed by atoms with Crippen molar-refractivity contribution in [3.8, 4) is 0 Å². The molecule has 0 unspecified atom stereocenters. The molecule has 0 bridgehead atoms. The molecule has 0 aliphatic heterocycles. The summed E-state index contributed by atoms with van der Waals surface area (Å²) < 4.78 is 0. The quantitative estimate of drug-likeness (QED) is 0.367. The van der Waals surface area contributed by atoms with E-state index in [-0.39, 0.29) is 0 Å². The molecule has 1 rings (SSSR count). The second-order valence-electron chi connectivity index (χ2n) is 3.58. The Morgan fingerprint density at radius 1 is 1.12 bits per heavy atom. The SMILES string of the molecule is NCCNCCNCc1ccc(N=C=S)cc1. The first-order chi connectivity index (χ1) is 8.36. The van der Waals surface area contributed by atoms with Crippen LogP contribution in [0.2, 0.25) is 0 Å². The molecule has 0 amide bonds. The summed E-state index contributed by atoms with van der Waals surface area (Å²) in [5, 5.41) is 8.92. The number of rotatable bonds is 8.